The van der Waals surface area contributed by atoms with Gasteiger partial charge in [0.1, 0.15) is 0 Å². The number of aliphatic carboxylic acids is 1. The molecule has 1 amide bonds. The number of hydrogen-bond donors (Lipinski definition) is 3. The van der Waals surface area contributed by atoms with Gasteiger partial charge in [-0.25, -0.2) is 4.79 Å². The van der Waals surface area contributed by atoms with Gasteiger partial charge in [-0.1, -0.05) is 30.3 Å². The number of aliphatic hydroxyl groups is 1. The highest BCUT2D eigenvalue weighted by molar-refractivity contribution is 5.83. The molecule has 0 fully saturated rings. The molecule has 0 saturated carbocycles. The van der Waals surface area contributed by atoms with Crippen molar-refractivity contribution in [3.05, 3.63) is 35.9 Å². The number of aryl methyl sites for hydroxylation is 1. The van der Waals surface area contributed by atoms with Crippen molar-refractivity contribution in [2.75, 3.05) is 0 Å². The monoisotopic (exact) mass is 265 g/mol. The van der Waals surface area contributed by atoms with Crippen LogP contribution in [0.15, 0.2) is 30.3 Å². The third kappa shape index (κ3) is 5.52. The molecule has 3 N–H and O–H groups in total. The molecule has 0 unspecified atom stereocenters. The number of amides is 1. The maximum Gasteiger partial charge on any atom is 0.328 e. The summed E-state index contributed by atoms with van der Waals surface area (Å²) in [5.41, 5.74) is 1.14. The third-order valence-electron chi connectivity index (χ3n) is 2.78. The number of carboxylic acids is 1. The summed E-state index contributed by atoms with van der Waals surface area (Å²) < 4.78 is 0. The van der Waals surface area contributed by atoms with Gasteiger partial charge in [0, 0.05) is 6.42 Å². The summed E-state index contributed by atoms with van der Waals surface area (Å²) in [5, 5.41) is 20.4. The maximum atomic E-state index is 11.6. The van der Waals surface area contributed by atoms with Gasteiger partial charge in [0.25, 0.3) is 0 Å². The molecule has 0 spiro atoms. The Labute approximate surface area is 112 Å². The van der Waals surface area contributed by atoms with Gasteiger partial charge < -0.3 is 15.5 Å². The Balaban J connectivity index is 2.33. The normalized spacial score (nSPS) is 13.6. The van der Waals surface area contributed by atoms with Crippen LogP contribution in [0.1, 0.15) is 25.3 Å². The number of nitrogens with one attached hydrogen (secondary N) is 1. The van der Waals surface area contributed by atoms with Gasteiger partial charge in [-0.2, -0.15) is 0 Å². The van der Waals surface area contributed by atoms with Crippen LogP contribution in [0.4, 0.5) is 0 Å². The number of hydrogen-bond acceptors (Lipinski definition) is 3. The van der Waals surface area contributed by atoms with Crippen molar-refractivity contribution in [3.8, 4) is 0 Å². The van der Waals surface area contributed by atoms with E-state index in [2.05, 4.69) is 5.32 Å². The van der Waals surface area contributed by atoms with Crippen LogP contribution in [-0.4, -0.2) is 34.2 Å². The van der Waals surface area contributed by atoms with E-state index >= 15 is 0 Å². The van der Waals surface area contributed by atoms with Crippen LogP contribution < -0.4 is 5.32 Å². The molecule has 0 aliphatic heterocycles. The smallest absolute Gasteiger partial charge is 0.328 e. The molecular formula is C14H19NO4. The first-order chi connectivity index (χ1) is 9.00. The fraction of sp³-hybridized carbons (Fsp3) is 0.429. The molecule has 19 heavy (non-hydrogen) atoms. The summed E-state index contributed by atoms with van der Waals surface area (Å²) in [5.74, 6) is -1.59. The average Bonchev–Trinajstić information content (AvgIpc) is 2.36. The van der Waals surface area contributed by atoms with Crippen LogP contribution >= 0.6 is 0 Å². The van der Waals surface area contributed by atoms with E-state index in [0.29, 0.717) is 6.42 Å². The summed E-state index contributed by atoms with van der Waals surface area (Å²) in [4.78, 5) is 22.4. The minimum atomic E-state index is -1.25. The van der Waals surface area contributed by atoms with E-state index in [1.807, 2.05) is 30.3 Å². The van der Waals surface area contributed by atoms with E-state index < -0.39 is 18.1 Å². The molecule has 1 rings (SSSR count). The molecule has 0 saturated heterocycles. The van der Waals surface area contributed by atoms with Crippen molar-refractivity contribution in [3.63, 3.8) is 0 Å². The van der Waals surface area contributed by atoms with Crippen molar-refractivity contribution in [1.29, 1.82) is 0 Å². The van der Waals surface area contributed by atoms with Crippen molar-refractivity contribution in [2.24, 2.45) is 0 Å². The lowest BCUT2D eigenvalue weighted by atomic mass is 10.1. The Kier molecular flexibility index (Phi) is 6.02. The van der Waals surface area contributed by atoms with Crippen molar-refractivity contribution < 1.29 is 19.8 Å². The molecule has 0 heterocycles. The second-order valence-electron chi connectivity index (χ2n) is 4.46. The molecule has 2 atom stereocenters. The van der Waals surface area contributed by atoms with Gasteiger partial charge in [0.2, 0.25) is 5.91 Å². The Morgan fingerprint density at radius 1 is 1.26 bits per heavy atom. The van der Waals surface area contributed by atoms with Crippen molar-refractivity contribution in [2.45, 2.75) is 38.3 Å². The van der Waals surface area contributed by atoms with Crippen molar-refractivity contribution in [1.82, 2.24) is 5.32 Å². The summed E-state index contributed by atoms with van der Waals surface area (Å²) in [6.45, 7) is 1.34. The number of carbonyl (C=O) groups excluding carboxylic acids is 1. The molecule has 5 heteroatoms. The molecule has 0 aliphatic rings. The second-order valence-corrected chi connectivity index (χ2v) is 4.46. The lowest BCUT2D eigenvalue weighted by Gasteiger charge is -2.16. The molecule has 1 aromatic rings. The highest BCUT2D eigenvalue weighted by Gasteiger charge is 2.24. The number of aliphatic hydroxyl groups excluding tert-OH is 1. The van der Waals surface area contributed by atoms with E-state index in [-0.39, 0.29) is 12.3 Å². The molecule has 0 bridgehead atoms. The lowest BCUT2D eigenvalue weighted by Crippen LogP contribution is -2.47. The summed E-state index contributed by atoms with van der Waals surface area (Å²) in [6, 6.07) is 8.51. The standard InChI is InChI=1S/C14H19NO4/c1-10(16)13(14(18)19)15-12(17)9-5-8-11-6-3-2-4-7-11/h2-4,6-7,10,13,16H,5,8-9H2,1H3,(H,15,17)(H,18,19)/t10-,13+/m1/s1. The largest absolute Gasteiger partial charge is 0.480 e. The number of carbonyl (C=O) groups is 2. The Bertz CT molecular complexity index is 417. The van der Waals surface area contributed by atoms with Gasteiger partial charge in [-0.15, -0.1) is 0 Å². The Morgan fingerprint density at radius 2 is 1.89 bits per heavy atom. The van der Waals surface area contributed by atoms with Gasteiger partial charge >= 0.3 is 5.97 Å². The molecule has 0 aromatic heterocycles. The number of benzene rings is 1. The van der Waals surface area contributed by atoms with Crippen LogP contribution in [0, 0.1) is 0 Å². The minimum Gasteiger partial charge on any atom is -0.480 e. The van der Waals surface area contributed by atoms with E-state index in [1.165, 1.54) is 6.92 Å². The van der Waals surface area contributed by atoms with E-state index in [0.717, 1.165) is 12.0 Å². The van der Waals surface area contributed by atoms with Crippen LogP contribution in [-0.2, 0) is 16.0 Å². The summed E-state index contributed by atoms with van der Waals surface area (Å²) >= 11 is 0. The minimum absolute atomic E-state index is 0.241. The van der Waals surface area contributed by atoms with Gasteiger partial charge in [-0.05, 0) is 25.3 Å². The second kappa shape index (κ2) is 7.53. The SMILES string of the molecule is C[C@@H](O)[C@H](NC(=O)CCCc1ccccc1)C(=O)O. The zero-order chi connectivity index (χ0) is 14.3. The summed E-state index contributed by atoms with van der Waals surface area (Å²) in [6.07, 6.45) is 0.532. The highest BCUT2D eigenvalue weighted by atomic mass is 16.4. The van der Waals surface area contributed by atoms with Gasteiger partial charge in [-0.3, -0.25) is 4.79 Å². The van der Waals surface area contributed by atoms with Crippen LogP contribution in [0.5, 0.6) is 0 Å². The highest BCUT2D eigenvalue weighted by Crippen LogP contribution is 2.05. The Morgan fingerprint density at radius 3 is 2.42 bits per heavy atom. The zero-order valence-electron chi connectivity index (χ0n) is 10.9. The first kappa shape index (κ1) is 15.2. The first-order valence-corrected chi connectivity index (χ1v) is 6.25. The lowest BCUT2D eigenvalue weighted by molar-refractivity contribution is -0.144. The van der Waals surface area contributed by atoms with E-state index in [9.17, 15) is 14.7 Å². The fourth-order valence-corrected chi connectivity index (χ4v) is 1.73. The Hall–Kier alpha value is -1.88. The van der Waals surface area contributed by atoms with Crippen LogP contribution in [0.25, 0.3) is 0 Å². The number of rotatable bonds is 7. The van der Waals surface area contributed by atoms with Gasteiger partial charge in [0.05, 0.1) is 6.10 Å². The van der Waals surface area contributed by atoms with Crippen LogP contribution in [0.3, 0.4) is 0 Å². The predicted molar refractivity (Wildman–Crippen MR) is 70.6 cm³/mol. The quantitative estimate of drug-likeness (QED) is 0.685. The zero-order valence-corrected chi connectivity index (χ0v) is 10.9. The summed E-state index contributed by atoms with van der Waals surface area (Å²) in [7, 11) is 0. The topological polar surface area (TPSA) is 86.6 Å². The van der Waals surface area contributed by atoms with Crippen molar-refractivity contribution >= 4 is 11.9 Å². The molecule has 5 nitrogen and oxygen atoms in total. The van der Waals surface area contributed by atoms with Gasteiger partial charge in [0.15, 0.2) is 6.04 Å². The fourth-order valence-electron chi connectivity index (χ4n) is 1.73. The average molecular weight is 265 g/mol. The molecule has 0 aliphatic carbocycles. The van der Waals surface area contributed by atoms with E-state index in [1.54, 1.807) is 0 Å². The molecular weight excluding hydrogens is 246 g/mol. The molecule has 1 aromatic carbocycles. The molecule has 0 radical (unpaired) electrons. The number of carboxylic acid groups (broad SMARTS) is 1. The molecule has 104 valence electrons. The van der Waals surface area contributed by atoms with E-state index in [4.69, 9.17) is 5.11 Å². The third-order valence-corrected chi connectivity index (χ3v) is 2.78. The van der Waals surface area contributed by atoms with Crippen LogP contribution in [0.2, 0.25) is 0 Å². The predicted octanol–water partition coefficient (Wildman–Crippen LogP) is 0.959. The first-order valence-electron chi connectivity index (χ1n) is 6.25. The maximum absolute atomic E-state index is 11.6.